The Morgan fingerprint density at radius 2 is 1.91 bits per heavy atom. The quantitative estimate of drug-likeness (QED) is 0.800. The van der Waals surface area contributed by atoms with Gasteiger partial charge in [0.15, 0.2) is 5.78 Å². The number of ether oxygens (including phenoxy) is 2. The summed E-state index contributed by atoms with van der Waals surface area (Å²) >= 11 is 0. The van der Waals surface area contributed by atoms with Crippen LogP contribution in [-0.2, 0) is 19.1 Å². The lowest BCUT2D eigenvalue weighted by Crippen LogP contribution is -2.26. The Hall–Kier alpha value is -2.43. The SMILES string of the molecule is COC(=O)c1ccc([C@H](OC(C)=O)[C@@H]2CCC=CC2=O)cc1. The molecule has 0 saturated carbocycles. The maximum Gasteiger partial charge on any atom is 0.337 e. The summed E-state index contributed by atoms with van der Waals surface area (Å²) in [7, 11) is 1.31. The van der Waals surface area contributed by atoms with Crippen LogP contribution in [0, 0.1) is 5.92 Å². The molecule has 1 aliphatic rings. The molecule has 22 heavy (non-hydrogen) atoms. The predicted octanol–water partition coefficient (Wildman–Crippen LogP) is 2.61. The van der Waals surface area contributed by atoms with Gasteiger partial charge in [0.05, 0.1) is 18.6 Å². The number of benzene rings is 1. The van der Waals surface area contributed by atoms with Gasteiger partial charge in [-0.1, -0.05) is 18.2 Å². The van der Waals surface area contributed by atoms with Crippen molar-refractivity contribution in [2.75, 3.05) is 7.11 Å². The molecule has 0 spiro atoms. The van der Waals surface area contributed by atoms with Crippen molar-refractivity contribution in [2.24, 2.45) is 5.92 Å². The molecular weight excluding hydrogens is 284 g/mol. The molecule has 1 aromatic carbocycles. The van der Waals surface area contributed by atoms with Crippen molar-refractivity contribution in [3.05, 3.63) is 47.5 Å². The van der Waals surface area contributed by atoms with Crippen molar-refractivity contribution in [2.45, 2.75) is 25.9 Å². The fourth-order valence-electron chi connectivity index (χ4n) is 2.53. The van der Waals surface area contributed by atoms with Crippen LogP contribution in [-0.4, -0.2) is 24.8 Å². The first-order chi connectivity index (χ1) is 10.5. The third-order valence-corrected chi connectivity index (χ3v) is 3.61. The highest BCUT2D eigenvalue weighted by Gasteiger charge is 2.31. The normalized spacial score (nSPS) is 18.6. The van der Waals surface area contributed by atoms with E-state index in [1.54, 1.807) is 24.3 Å². The van der Waals surface area contributed by atoms with Crippen molar-refractivity contribution in [1.82, 2.24) is 0 Å². The molecule has 0 amide bonds. The molecule has 5 nitrogen and oxygen atoms in total. The van der Waals surface area contributed by atoms with Crippen molar-refractivity contribution >= 4 is 17.7 Å². The number of methoxy groups -OCH3 is 1. The summed E-state index contributed by atoms with van der Waals surface area (Å²) in [5.74, 6) is -1.32. The third kappa shape index (κ3) is 3.61. The number of hydrogen-bond donors (Lipinski definition) is 0. The van der Waals surface area contributed by atoms with E-state index in [0.717, 1.165) is 6.42 Å². The van der Waals surface area contributed by atoms with Gasteiger partial charge in [0.1, 0.15) is 6.10 Å². The van der Waals surface area contributed by atoms with Crippen LogP contribution in [0.15, 0.2) is 36.4 Å². The molecule has 0 bridgehead atoms. The topological polar surface area (TPSA) is 69.7 Å². The highest BCUT2D eigenvalue weighted by molar-refractivity contribution is 5.93. The van der Waals surface area contributed by atoms with Gasteiger partial charge in [0.25, 0.3) is 0 Å². The lowest BCUT2D eigenvalue weighted by atomic mass is 9.84. The first-order valence-corrected chi connectivity index (χ1v) is 7.09. The summed E-state index contributed by atoms with van der Waals surface area (Å²) in [6, 6.07) is 6.57. The molecule has 0 radical (unpaired) electrons. The molecule has 0 aliphatic heterocycles. The monoisotopic (exact) mass is 302 g/mol. The van der Waals surface area contributed by atoms with Gasteiger partial charge in [0.2, 0.25) is 0 Å². The lowest BCUT2D eigenvalue weighted by molar-refractivity contribution is -0.151. The first kappa shape index (κ1) is 15.9. The molecule has 2 rings (SSSR count). The van der Waals surface area contributed by atoms with Gasteiger partial charge in [-0.05, 0) is 36.6 Å². The highest BCUT2D eigenvalue weighted by atomic mass is 16.5. The van der Waals surface area contributed by atoms with Crippen LogP contribution in [0.2, 0.25) is 0 Å². The van der Waals surface area contributed by atoms with Gasteiger partial charge in [0, 0.05) is 6.92 Å². The minimum absolute atomic E-state index is 0.0467. The van der Waals surface area contributed by atoms with E-state index >= 15 is 0 Å². The Morgan fingerprint density at radius 1 is 1.23 bits per heavy atom. The van der Waals surface area contributed by atoms with Crippen LogP contribution < -0.4 is 0 Å². The summed E-state index contributed by atoms with van der Waals surface area (Å²) in [5, 5.41) is 0. The summed E-state index contributed by atoms with van der Waals surface area (Å²) in [4.78, 5) is 34.9. The zero-order valence-electron chi connectivity index (χ0n) is 12.6. The zero-order valence-corrected chi connectivity index (χ0v) is 12.6. The van der Waals surface area contributed by atoms with Crippen LogP contribution in [0.4, 0.5) is 0 Å². The molecule has 0 aromatic heterocycles. The summed E-state index contributed by atoms with van der Waals surface area (Å²) in [6.07, 6.45) is 4.12. The Bertz CT molecular complexity index is 600. The number of carbonyl (C=O) groups is 3. The number of allylic oxidation sites excluding steroid dienone is 2. The van der Waals surface area contributed by atoms with E-state index in [1.165, 1.54) is 20.1 Å². The van der Waals surface area contributed by atoms with Crippen LogP contribution in [0.1, 0.15) is 41.8 Å². The van der Waals surface area contributed by atoms with Crippen molar-refractivity contribution in [3.63, 3.8) is 0 Å². The average molecular weight is 302 g/mol. The van der Waals surface area contributed by atoms with Crippen molar-refractivity contribution in [3.8, 4) is 0 Å². The number of carbonyl (C=O) groups excluding carboxylic acids is 3. The van der Waals surface area contributed by atoms with E-state index in [-0.39, 0.29) is 5.78 Å². The van der Waals surface area contributed by atoms with Crippen LogP contribution in [0.25, 0.3) is 0 Å². The van der Waals surface area contributed by atoms with Gasteiger partial charge in [-0.3, -0.25) is 9.59 Å². The van der Waals surface area contributed by atoms with E-state index < -0.39 is 24.0 Å². The minimum Gasteiger partial charge on any atom is -0.465 e. The number of rotatable bonds is 4. The first-order valence-electron chi connectivity index (χ1n) is 7.09. The molecular formula is C17H18O5. The molecule has 1 aliphatic carbocycles. The smallest absolute Gasteiger partial charge is 0.337 e. The van der Waals surface area contributed by atoms with Gasteiger partial charge in [-0.25, -0.2) is 4.79 Å². The molecule has 2 atom stereocenters. The Labute approximate surface area is 128 Å². The highest BCUT2D eigenvalue weighted by Crippen LogP contribution is 2.33. The standard InChI is InChI=1S/C17H18O5/c1-11(18)22-16(14-5-3-4-6-15(14)19)12-7-9-13(10-8-12)17(20)21-2/h4,6-10,14,16H,3,5H2,1-2H3/t14-,16+/m1/s1. The van der Waals surface area contributed by atoms with Gasteiger partial charge >= 0.3 is 11.9 Å². The van der Waals surface area contributed by atoms with Crippen molar-refractivity contribution in [1.29, 1.82) is 0 Å². The van der Waals surface area contributed by atoms with Gasteiger partial charge < -0.3 is 9.47 Å². The van der Waals surface area contributed by atoms with Gasteiger partial charge in [-0.15, -0.1) is 0 Å². The maximum absolute atomic E-state index is 12.1. The fourth-order valence-corrected chi connectivity index (χ4v) is 2.53. The lowest BCUT2D eigenvalue weighted by Gasteiger charge is -2.26. The molecule has 0 unspecified atom stereocenters. The number of hydrogen-bond acceptors (Lipinski definition) is 5. The van der Waals surface area contributed by atoms with E-state index in [0.29, 0.717) is 17.5 Å². The predicted molar refractivity (Wildman–Crippen MR) is 79.2 cm³/mol. The Balaban J connectivity index is 2.29. The molecule has 5 heteroatoms. The molecule has 0 fully saturated rings. The second-order valence-electron chi connectivity index (χ2n) is 5.13. The molecule has 0 N–H and O–H groups in total. The molecule has 0 saturated heterocycles. The Kier molecular flexibility index (Phi) is 5.09. The van der Waals surface area contributed by atoms with E-state index in [9.17, 15) is 14.4 Å². The van der Waals surface area contributed by atoms with Crippen molar-refractivity contribution < 1.29 is 23.9 Å². The number of ketones is 1. The van der Waals surface area contributed by atoms with E-state index in [1.807, 2.05) is 6.08 Å². The van der Waals surface area contributed by atoms with Crippen LogP contribution in [0.3, 0.4) is 0 Å². The average Bonchev–Trinajstić information content (AvgIpc) is 2.52. The van der Waals surface area contributed by atoms with Gasteiger partial charge in [-0.2, -0.15) is 0 Å². The summed E-state index contributed by atoms with van der Waals surface area (Å²) < 4.78 is 10.0. The Morgan fingerprint density at radius 3 is 2.45 bits per heavy atom. The summed E-state index contributed by atoms with van der Waals surface area (Å²) in [5.41, 5.74) is 1.10. The molecule has 1 aromatic rings. The van der Waals surface area contributed by atoms with E-state index in [4.69, 9.17) is 4.74 Å². The van der Waals surface area contributed by atoms with Crippen LogP contribution >= 0.6 is 0 Å². The fraction of sp³-hybridized carbons (Fsp3) is 0.353. The zero-order chi connectivity index (χ0) is 16.1. The second-order valence-corrected chi connectivity index (χ2v) is 5.13. The van der Waals surface area contributed by atoms with E-state index in [2.05, 4.69) is 4.74 Å². The van der Waals surface area contributed by atoms with Crippen LogP contribution in [0.5, 0.6) is 0 Å². The second kappa shape index (κ2) is 7.02. The third-order valence-electron chi connectivity index (χ3n) is 3.61. The molecule has 116 valence electrons. The number of esters is 2. The minimum atomic E-state index is -0.637. The molecule has 0 heterocycles. The summed E-state index contributed by atoms with van der Waals surface area (Å²) in [6.45, 7) is 1.32. The maximum atomic E-state index is 12.1. The largest absolute Gasteiger partial charge is 0.465 e.